The van der Waals surface area contributed by atoms with Crippen molar-refractivity contribution in [2.75, 3.05) is 18.9 Å². The highest BCUT2D eigenvalue weighted by atomic mass is 16.6. The third-order valence-electron chi connectivity index (χ3n) is 4.49. The van der Waals surface area contributed by atoms with Crippen LogP contribution in [0.1, 0.15) is 5.69 Å². The van der Waals surface area contributed by atoms with Crippen molar-refractivity contribution in [2.24, 2.45) is 5.92 Å². The van der Waals surface area contributed by atoms with Crippen LogP contribution >= 0.6 is 0 Å². The van der Waals surface area contributed by atoms with Crippen molar-refractivity contribution in [3.05, 3.63) is 24.2 Å². The van der Waals surface area contributed by atoms with Gasteiger partial charge in [-0.25, -0.2) is 9.50 Å². The van der Waals surface area contributed by atoms with Crippen LogP contribution in [0.5, 0.6) is 0 Å². The van der Waals surface area contributed by atoms with Gasteiger partial charge in [-0.05, 0) is 12.1 Å². The number of nitrogens with zero attached hydrogens (tertiary/aromatic N) is 3. The Balaban J connectivity index is 1.89. The molecule has 2 fully saturated rings. The van der Waals surface area contributed by atoms with Crippen LogP contribution in [0.15, 0.2) is 18.5 Å². The minimum atomic E-state index is -1.63. The van der Waals surface area contributed by atoms with Gasteiger partial charge in [-0.1, -0.05) is 0 Å². The van der Waals surface area contributed by atoms with Crippen molar-refractivity contribution >= 4 is 11.3 Å². The number of aliphatic hydroxyl groups is 3. The molecular formula is C12H14N4O4. The molecule has 20 heavy (non-hydrogen) atoms. The van der Waals surface area contributed by atoms with Gasteiger partial charge in [0, 0.05) is 5.92 Å². The fraction of sp³-hybridized carbons (Fsp3) is 0.500. The zero-order valence-corrected chi connectivity index (χ0v) is 10.5. The topological polar surface area (TPSA) is 126 Å². The predicted molar refractivity (Wildman–Crippen MR) is 66.6 cm³/mol. The lowest BCUT2D eigenvalue weighted by Gasteiger charge is -2.29. The maximum atomic E-state index is 10.9. The monoisotopic (exact) mass is 278 g/mol. The number of rotatable bonds is 2. The van der Waals surface area contributed by atoms with Crippen molar-refractivity contribution in [3.63, 3.8) is 0 Å². The normalized spacial score (nSPS) is 39.1. The first-order valence-electron chi connectivity index (χ1n) is 6.30. The van der Waals surface area contributed by atoms with Gasteiger partial charge in [0.2, 0.25) is 0 Å². The Morgan fingerprint density at radius 1 is 1.45 bits per heavy atom. The zero-order valence-electron chi connectivity index (χ0n) is 10.5. The van der Waals surface area contributed by atoms with Crippen LogP contribution in [0.4, 0.5) is 5.82 Å². The number of anilines is 1. The standard InChI is InChI=1S/C12H14N4O4/c13-10-7-1-2-8(16(7)15-5-14-10)11(18)4-20-9-6(3-17)12(9,11)19/h1-2,5-6,9,17-19H,3-4H2,(H2,13,14,15). The van der Waals surface area contributed by atoms with E-state index in [-0.39, 0.29) is 19.0 Å². The van der Waals surface area contributed by atoms with Gasteiger partial charge in [0.1, 0.15) is 17.4 Å². The van der Waals surface area contributed by atoms with E-state index in [0.717, 1.165) is 0 Å². The van der Waals surface area contributed by atoms with Crippen molar-refractivity contribution in [1.29, 1.82) is 0 Å². The molecule has 0 aromatic carbocycles. The molecule has 1 saturated carbocycles. The average Bonchev–Trinajstić information content (AvgIpc) is 2.73. The summed E-state index contributed by atoms with van der Waals surface area (Å²) in [5, 5.41) is 34.9. The van der Waals surface area contributed by atoms with Gasteiger partial charge in [0.25, 0.3) is 0 Å². The summed E-state index contributed by atoms with van der Waals surface area (Å²) in [6.07, 6.45) is 0.727. The molecule has 2 aliphatic rings. The fourth-order valence-corrected chi connectivity index (χ4v) is 3.30. The summed E-state index contributed by atoms with van der Waals surface area (Å²) in [6, 6.07) is 3.31. The van der Waals surface area contributed by atoms with Crippen molar-refractivity contribution in [3.8, 4) is 0 Å². The lowest BCUT2D eigenvalue weighted by Crippen LogP contribution is -2.45. The highest BCUT2D eigenvalue weighted by Gasteiger charge is 2.80. The van der Waals surface area contributed by atoms with E-state index in [0.29, 0.717) is 11.2 Å². The Morgan fingerprint density at radius 2 is 2.25 bits per heavy atom. The number of hydrogen-bond acceptors (Lipinski definition) is 7. The molecule has 4 unspecified atom stereocenters. The summed E-state index contributed by atoms with van der Waals surface area (Å²) in [4.78, 5) is 3.88. The minimum absolute atomic E-state index is 0.0549. The van der Waals surface area contributed by atoms with E-state index < -0.39 is 23.2 Å². The van der Waals surface area contributed by atoms with E-state index in [9.17, 15) is 15.3 Å². The Bertz CT molecular complexity index is 698. The largest absolute Gasteiger partial charge is 0.396 e. The third kappa shape index (κ3) is 1.12. The van der Waals surface area contributed by atoms with Gasteiger partial charge < -0.3 is 25.8 Å². The molecule has 1 aliphatic carbocycles. The van der Waals surface area contributed by atoms with E-state index in [4.69, 9.17) is 10.5 Å². The van der Waals surface area contributed by atoms with E-state index in [1.54, 1.807) is 12.1 Å². The highest BCUT2D eigenvalue weighted by Crippen LogP contribution is 2.61. The fourth-order valence-electron chi connectivity index (χ4n) is 3.30. The summed E-state index contributed by atoms with van der Waals surface area (Å²) in [7, 11) is 0. The van der Waals surface area contributed by atoms with E-state index >= 15 is 0 Å². The van der Waals surface area contributed by atoms with Crippen LogP contribution in [0, 0.1) is 5.92 Å². The van der Waals surface area contributed by atoms with E-state index in [1.807, 2.05) is 0 Å². The molecule has 0 amide bonds. The summed E-state index contributed by atoms with van der Waals surface area (Å²) in [5.41, 5.74) is 3.56. The molecule has 0 radical (unpaired) electrons. The van der Waals surface area contributed by atoms with Gasteiger partial charge in [0.05, 0.1) is 25.0 Å². The molecule has 0 spiro atoms. The van der Waals surface area contributed by atoms with E-state index in [2.05, 4.69) is 10.1 Å². The number of aromatic nitrogens is 3. The maximum Gasteiger partial charge on any atom is 0.161 e. The third-order valence-corrected chi connectivity index (χ3v) is 4.49. The van der Waals surface area contributed by atoms with Gasteiger partial charge in [-0.15, -0.1) is 0 Å². The summed E-state index contributed by atoms with van der Waals surface area (Å²) < 4.78 is 6.85. The van der Waals surface area contributed by atoms with Crippen LogP contribution in [0.2, 0.25) is 0 Å². The first-order valence-corrected chi connectivity index (χ1v) is 6.30. The Labute approximate surface area is 113 Å². The molecule has 2 aromatic rings. The summed E-state index contributed by atoms with van der Waals surface area (Å²) in [5.74, 6) is -0.210. The number of aliphatic hydroxyl groups excluding tert-OH is 1. The molecule has 5 N–H and O–H groups in total. The first kappa shape index (κ1) is 12.0. The molecule has 8 nitrogen and oxygen atoms in total. The number of ether oxygens (including phenoxy) is 1. The van der Waals surface area contributed by atoms with Gasteiger partial charge >= 0.3 is 0 Å². The molecule has 0 bridgehead atoms. The van der Waals surface area contributed by atoms with Crippen LogP contribution in [-0.4, -0.2) is 54.8 Å². The lowest BCUT2D eigenvalue weighted by atomic mass is 9.90. The number of nitrogen functional groups attached to an aromatic ring is 1. The second kappa shape index (κ2) is 3.47. The van der Waals surface area contributed by atoms with Gasteiger partial charge in [0.15, 0.2) is 11.4 Å². The lowest BCUT2D eigenvalue weighted by molar-refractivity contribution is -0.108. The van der Waals surface area contributed by atoms with Gasteiger partial charge in [-0.2, -0.15) is 5.10 Å². The Morgan fingerprint density at radius 3 is 2.95 bits per heavy atom. The first-order chi connectivity index (χ1) is 9.54. The average molecular weight is 278 g/mol. The molecule has 4 rings (SSSR count). The van der Waals surface area contributed by atoms with Crippen LogP contribution in [0.3, 0.4) is 0 Å². The minimum Gasteiger partial charge on any atom is -0.396 e. The second-order valence-electron chi connectivity index (χ2n) is 5.37. The molecule has 8 heteroatoms. The number of hydrogen-bond donors (Lipinski definition) is 4. The molecule has 4 atom stereocenters. The van der Waals surface area contributed by atoms with Gasteiger partial charge in [-0.3, -0.25) is 0 Å². The Hall–Kier alpha value is -1.74. The maximum absolute atomic E-state index is 10.9. The van der Waals surface area contributed by atoms with Crippen molar-refractivity contribution < 1.29 is 20.1 Å². The molecule has 3 heterocycles. The summed E-state index contributed by atoms with van der Waals surface area (Å²) in [6.45, 7) is -0.301. The zero-order chi connectivity index (χ0) is 14.1. The van der Waals surface area contributed by atoms with Crippen LogP contribution in [-0.2, 0) is 10.3 Å². The molecule has 2 aromatic heterocycles. The Kier molecular flexibility index (Phi) is 2.09. The summed E-state index contributed by atoms with van der Waals surface area (Å²) >= 11 is 0. The molecule has 1 aliphatic heterocycles. The number of fused-ring (bicyclic) bond motifs is 2. The quantitative estimate of drug-likeness (QED) is 0.513. The molecule has 106 valence electrons. The smallest absolute Gasteiger partial charge is 0.161 e. The van der Waals surface area contributed by atoms with E-state index in [1.165, 1.54) is 10.8 Å². The van der Waals surface area contributed by atoms with Crippen LogP contribution < -0.4 is 5.73 Å². The highest BCUT2D eigenvalue weighted by molar-refractivity contribution is 5.66. The van der Waals surface area contributed by atoms with Crippen LogP contribution in [0.25, 0.3) is 5.52 Å². The van der Waals surface area contributed by atoms with Crippen molar-refractivity contribution in [2.45, 2.75) is 17.3 Å². The van der Waals surface area contributed by atoms with Crippen molar-refractivity contribution in [1.82, 2.24) is 14.6 Å². The second-order valence-corrected chi connectivity index (χ2v) is 5.37. The molecular weight excluding hydrogens is 264 g/mol. The predicted octanol–water partition coefficient (Wildman–Crippen LogP) is -1.75. The SMILES string of the molecule is Nc1ncnn2c(C3(O)COC4C(CO)C43O)ccc12. The number of nitrogens with two attached hydrogens (primary N) is 1. The molecule has 1 saturated heterocycles.